The van der Waals surface area contributed by atoms with Crippen LogP contribution in [-0.2, 0) is 25.8 Å². The number of phenols is 5. The molecule has 1 aliphatic heterocycles. The molecule has 9 nitrogen and oxygen atoms in total. The molecule has 3 fully saturated rings. The van der Waals surface area contributed by atoms with E-state index < -0.39 is 6.10 Å². The lowest BCUT2D eigenvalue weighted by Gasteiger charge is -2.69. The summed E-state index contributed by atoms with van der Waals surface area (Å²) in [4.78, 5) is 10.0. The molecule has 0 aromatic heterocycles. The average molecular weight is 862 g/mol. The average Bonchev–Trinajstić information content (AvgIpc) is 4.08. The van der Waals surface area contributed by atoms with Crippen LogP contribution in [0.3, 0.4) is 0 Å². The van der Waals surface area contributed by atoms with Crippen LogP contribution in [0, 0.1) is 34.0 Å². The van der Waals surface area contributed by atoms with Crippen molar-refractivity contribution in [3.63, 3.8) is 0 Å². The topological polar surface area (TPSA) is 158 Å². The molecular formula is C55H63N3O6. The molecular weight excluding hydrogens is 799 g/mol. The Bertz CT molecular complexity index is 2610. The fraction of sp³-hybridized carbons (Fsp3) is 0.455. The molecule has 6 aliphatic rings. The number of hydrogen-bond acceptors (Lipinski definition) is 9. The van der Waals surface area contributed by atoms with Crippen LogP contribution < -0.4 is 5.32 Å². The highest BCUT2D eigenvalue weighted by Crippen LogP contribution is 2.76. The van der Waals surface area contributed by atoms with E-state index in [1.807, 2.05) is 12.1 Å². The Morgan fingerprint density at radius 3 is 2.42 bits per heavy atom. The molecule has 7 N–H and O–H groups in total. The lowest BCUT2D eigenvalue weighted by molar-refractivity contribution is -0.165. The number of nitrogens with one attached hydrogen (secondary N) is 1. The van der Waals surface area contributed by atoms with Crippen molar-refractivity contribution in [2.75, 3.05) is 6.67 Å². The quantitative estimate of drug-likeness (QED) is 0.0305. The van der Waals surface area contributed by atoms with Gasteiger partial charge in [0.05, 0.1) is 17.2 Å². The summed E-state index contributed by atoms with van der Waals surface area (Å²) in [6.07, 6.45) is 29.4. The summed E-state index contributed by atoms with van der Waals surface area (Å²) >= 11 is 0. The monoisotopic (exact) mass is 861 g/mol. The fourth-order valence-electron chi connectivity index (χ4n) is 14.2. The van der Waals surface area contributed by atoms with Crippen molar-refractivity contribution in [1.29, 1.82) is 0 Å². The van der Waals surface area contributed by atoms with Crippen molar-refractivity contribution in [2.24, 2.45) is 44.0 Å². The highest BCUT2D eigenvalue weighted by molar-refractivity contribution is 6.35. The van der Waals surface area contributed by atoms with E-state index in [1.165, 1.54) is 67.9 Å². The van der Waals surface area contributed by atoms with Gasteiger partial charge in [-0.2, -0.15) is 0 Å². The molecule has 1 heterocycles. The van der Waals surface area contributed by atoms with E-state index in [4.69, 9.17) is 9.98 Å². The SMILES string of the molecule is CCCCCc1cc(CCc2c(O)c(O)c3c(O)cccc3c2C=Cc2ccc(O)c(O)c2)ccc1CNC1C=CC2CCCC23CCC24CCCC2C=CC(O)C4C13C1=NCN=C1. The Balaban J connectivity index is 0.984. The number of rotatable bonds is 13. The van der Waals surface area contributed by atoms with Gasteiger partial charge in [0, 0.05) is 35.7 Å². The summed E-state index contributed by atoms with van der Waals surface area (Å²) in [7, 11) is 0. The number of allylic oxidation sites excluding steroid dienone is 2. The number of aromatic hydroxyl groups is 5. The van der Waals surface area contributed by atoms with E-state index in [1.54, 1.807) is 18.2 Å². The molecule has 0 bridgehead atoms. The van der Waals surface area contributed by atoms with Crippen LogP contribution >= 0.6 is 0 Å². The minimum atomic E-state index is -0.531. The Morgan fingerprint density at radius 1 is 0.750 bits per heavy atom. The smallest absolute Gasteiger partial charge is 0.169 e. The number of nitrogens with zero attached hydrogens (tertiary/aromatic N) is 2. The van der Waals surface area contributed by atoms with Crippen molar-refractivity contribution in [3.8, 4) is 28.7 Å². The third-order valence-electron chi connectivity index (χ3n) is 16.9. The molecule has 0 saturated heterocycles. The molecule has 2 spiro atoms. The van der Waals surface area contributed by atoms with E-state index in [0.717, 1.165) is 49.8 Å². The van der Waals surface area contributed by atoms with Crippen molar-refractivity contribution in [1.82, 2.24) is 5.32 Å². The number of aliphatic imine (C=N–C) groups is 2. The summed E-state index contributed by atoms with van der Waals surface area (Å²) < 4.78 is 0. The van der Waals surface area contributed by atoms with Gasteiger partial charge in [-0.25, -0.2) is 0 Å². The van der Waals surface area contributed by atoms with Gasteiger partial charge in [-0.05, 0) is 138 Å². The molecule has 10 rings (SSSR count). The molecule has 4 aromatic rings. The lowest BCUT2D eigenvalue weighted by Crippen LogP contribution is -2.73. The maximum atomic E-state index is 12.4. The van der Waals surface area contributed by atoms with Gasteiger partial charge in [0.25, 0.3) is 0 Å². The highest BCUT2D eigenvalue weighted by atomic mass is 16.3. The maximum absolute atomic E-state index is 12.4. The Hall–Kier alpha value is -5.38. The number of aliphatic hydroxyl groups is 1. The largest absolute Gasteiger partial charge is 0.507 e. The highest BCUT2D eigenvalue weighted by Gasteiger charge is 2.74. The number of fused-ring (bicyclic) bond motifs is 2. The zero-order valence-electron chi connectivity index (χ0n) is 37.0. The van der Waals surface area contributed by atoms with Gasteiger partial charge in [-0.15, -0.1) is 0 Å². The Morgan fingerprint density at radius 2 is 1.59 bits per heavy atom. The second-order valence-corrected chi connectivity index (χ2v) is 19.8. The molecule has 0 radical (unpaired) electrons. The van der Waals surface area contributed by atoms with Gasteiger partial charge in [0.1, 0.15) is 12.4 Å². The molecule has 8 unspecified atom stereocenters. The summed E-state index contributed by atoms with van der Waals surface area (Å²) in [5.41, 5.74) is 6.34. The first kappa shape index (κ1) is 42.6. The van der Waals surface area contributed by atoms with E-state index in [2.05, 4.69) is 61.0 Å². The first-order valence-corrected chi connectivity index (χ1v) is 23.9. The summed E-state index contributed by atoms with van der Waals surface area (Å²) in [6, 6.07) is 16.4. The first-order chi connectivity index (χ1) is 31.1. The van der Waals surface area contributed by atoms with Gasteiger partial charge in [-0.3, -0.25) is 9.98 Å². The van der Waals surface area contributed by atoms with Gasteiger partial charge >= 0.3 is 0 Å². The van der Waals surface area contributed by atoms with Gasteiger partial charge in [0.2, 0.25) is 0 Å². The standard InChI is InChI=1S/C55H63N3O6/c1-2-3-4-8-36-29-34(15-21-42-40(20-14-35-16-22-43(59)46(62)30-35)41-11-5-12-44(60)49(41)51(64)50(42)63)13-17-37(36)31-57-47-24-19-39-10-7-26-54(39)28-27-53-25-6-9-38(53)18-23-45(61)52(53)55(47,54)48-32-56-33-58-48/h5,11-14,16-20,22-24,29-30,32,38-39,45,47,52,57,59-64H,2-4,6-10,15,21,25-28,31,33H2,1H3. The van der Waals surface area contributed by atoms with Crippen LogP contribution in [0.1, 0.15) is 111 Å². The zero-order valence-corrected chi connectivity index (χ0v) is 37.0. The predicted molar refractivity (Wildman–Crippen MR) is 255 cm³/mol. The molecule has 334 valence electrons. The Kier molecular flexibility index (Phi) is 11.2. The minimum absolute atomic E-state index is 0.0129. The lowest BCUT2D eigenvalue weighted by atomic mass is 9.35. The second-order valence-electron chi connectivity index (χ2n) is 19.8. The first-order valence-electron chi connectivity index (χ1n) is 23.9. The van der Waals surface area contributed by atoms with Gasteiger partial charge in [0.15, 0.2) is 23.0 Å². The third kappa shape index (κ3) is 6.71. The molecule has 5 aliphatic carbocycles. The van der Waals surface area contributed by atoms with Crippen molar-refractivity contribution < 1.29 is 30.6 Å². The maximum Gasteiger partial charge on any atom is 0.169 e. The van der Waals surface area contributed by atoms with E-state index in [0.29, 0.717) is 60.0 Å². The summed E-state index contributed by atoms with van der Waals surface area (Å²) in [6.45, 7) is 3.38. The molecule has 8 atom stereocenters. The van der Waals surface area contributed by atoms with Crippen LogP contribution in [-0.4, -0.2) is 61.4 Å². The molecule has 9 heteroatoms. The summed E-state index contributed by atoms with van der Waals surface area (Å²) in [5, 5.41) is 71.0. The van der Waals surface area contributed by atoms with E-state index in [9.17, 15) is 30.6 Å². The molecule has 64 heavy (non-hydrogen) atoms. The summed E-state index contributed by atoms with van der Waals surface area (Å²) in [5.74, 6) is -0.200. The zero-order chi connectivity index (χ0) is 44.2. The van der Waals surface area contributed by atoms with Gasteiger partial charge in [-0.1, -0.05) is 105 Å². The van der Waals surface area contributed by atoms with Crippen molar-refractivity contribution >= 4 is 34.9 Å². The number of aryl methyl sites for hydroxylation is 2. The fourth-order valence-corrected chi connectivity index (χ4v) is 14.2. The minimum Gasteiger partial charge on any atom is -0.507 e. The van der Waals surface area contributed by atoms with Crippen molar-refractivity contribution in [3.05, 3.63) is 112 Å². The van der Waals surface area contributed by atoms with Crippen LogP contribution in [0.4, 0.5) is 0 Å². The van der Waals surface area contributed by atoms with Crippen LogP contribution in [0.2, 0.25) is 0 Å². The van der Waals surface area contributed by atoms with E-state index in [-0.39, 0.29) is 62.3 Å². The van der Waals surface area contributed by atoms with Crippen LogP contribution in [0.5, 0.6) is 28.7 Å². The van der Waals surface area contributed by atoms with Gasteiger partial charge < -0.3 is 36.0 Å². The third-order valence-corrected chi connectivity index (χ3v) is 16.9. The van der Waals surface area contributed by atoms with Crippen molar-refractivity contribution in [2.45, 2.75) is 116 Å². The van der Waals surface area contributed by atoms with Crippen LogP contribution in [0.25, 0.3) is 22.9 Å². The van der Waals surface area contributed by atoms with Crippen LogP contribution in [0.15, 0.2) is 88.9 Å². The molecule has 3 saturated carbocycles. The molecule has 4 aromatic carbocycles. The number of benzene rings is 4. The normalized spacial score (nSPS) is 30.2. The second kappa shape index (κ2) is 16.9. The number of phenolic OH excluding ortho intramolecular Hbond substituents is 5. The molecule has 0 amide bonds. The number of aliphatic hydroxyl groups excluding tert-OH is 1. The Labute approximate surface area is 376 Å². The number of hydrogen-bond donors (Lipinski definition) is 7. The van der Waals surface area contributed by atoms with E-state index >= 15 is 0 Å². The number of unbranched alkanes of at least 4 members (excludes halogenated alkanes) is 2. The predicted octanol–water partition coefficient (Wildman–Crippen LogP) is 10.5.